The molecule has 0 fully saturated rings. The maximum atomic E-state index is 13.4. The number of carbonyl (C=O) groups is 2. The Morgan fingerprint density at radius 1 is 1.17 bits per heavy atom. The van der Waals surface area contributed by atoms with E-state index in [0.717, 1.165) is 21.4 Å². The van der Waals surface area contributed by atoms with Crippen LogP contribution in [0.1, 0.15) is 37.4 Å². The number of benzene rings is 2. The highest BCUT2D eigenvalue weighted by Crippen LogP contribution is 2.31. The Balaban J connectivity index is 1.76. The van der Waals surface area contributed by atoms with Gasteiger partial charge >= 0.3 is 17.3 Å². The summed E-state index contributed by atoms with van der Waals surface area (Å²) in [5, 5.41) is 12.7. The van der Waals surface area contributed by atoms with Crippen molar-refractivity contribution in [3.8, 4) is 0 Å². The SMILES string of the molecule is CC(=O)N1CCc2cc(Nc3nc(=O)n([C@@H](C)CC(=O)O)c(=O)n3Cc3ccc(Cl)cc3)ccc21. The van der Waals surface area contributed by atoms with E-state index in [4.69, 9.17) is 16.7 Å². The van der Waals surface area contributed by atoms with Crippen molar-refractivity contribution in [3.05, 3.63) is 79.6 Å². The van der Waals surface area contributed by atoms with E-state index >= 15 is 0 Å². The third-order valence-corrected chi connectivity index (χ3v) is 6.13. The average Bonchev–Trinajstić information content (AvgIpc) is 3.21. The molecule has 1 amide bonds. The number of fused-ring (bicyclic) bond motifs is 1. The van der Waals surface area contributed by atoms with Crippen molar-refractivity contribution in [2.45, 2.75) is 39.3 Å². The van der Waals surface area contributed by atoms with Crippen LogP contribution in [0.3, 0.4) is 0 Å². The van der Waals surface area contributed by atoms with E-state index < -0.39 is 29.8 Å². The molecule has 35 heavy (non-hydrogen) atoms. The van der Waals surface area contributed by atoms with Crippen LogP contribution in [0.5, 0.6) is 0 Å². The Kier molecular flexibility index (Phi) is 6.74. The highest BCUT2D eigenvalue weighted by molar-refractivity contribution is 6.30. The van der Waals surface area contributed by atoms with Crippen molar-refractivity contribution >= 4 is 40.8 Å². The second-order valence-electron chi connectivity index (χ2n) is 8.42. The smallest absolute Gasteiger partial charge is 0.355 e. The number of amides is 1. The summed E-state index contributed by atoms with van der Waals surface area (Å²) in [5.74, 6) is -1.15. The van der Waals surface area contributed by atoms with Gasteiger partial charge in [0, 0.05) is 29.9 Å². The minimum absolute atomic E-state index is 0.0232. The van der Waals surface area contributed by atoms with Crippen molar-refractivity contribution in [2.24, 2.45) is 0 Å². The fraction of sp³-hybridized carbons (Fsp3) is 0.292. The van der Waals surface area contributed by atoms with Gasteiger partial charge in [-0.25, -0.2) is 14.2 Å². The number of hydrogen-bond acceptors (Lipinski definition) is 6. The molecule has 0 saturated heterocycles. The lowest BCUT2D eigenvalue weighted by Crippen LogP contribution is -2.44. The molecule has 2 N–H and O–H groups in total. The van der Waals surface area contributed by atoms with Crippen LogP contribution in [-0.4, -0.2) is 37.6 Å². The van der Waals surface area contributed by atoms with Crippen LogP contribution in [0.2, 0.25) is 5.02 Å². The van der Waals surface area contributed by atoms with Crippen LogP contribution in [0.4, 0.5) is 17.3 Å². The van der Waals surface area contributed by atoms with Gasteiger partial charge in [0.05, 0.1) is 19.0 Å². The Morgan fingerprint density at radius 3 is 2.54 bits per heavy atom. The number of rotatable bonds is 7. The summed E-state index contributed by atoms with van der Waals surface area (Å²) in [7, 11) is 0. The standard InChI is InChI=1S/C24H24ClN5O5/c1-14(11-21(32)33)30-23(34)27-22(29(24(30)35)13-16-3-5-18(25)6-4-16)26-19-7-8-20-17(12-19)9-10-28(20)15(2)31/h3-8,12,14H,9-11,13H2,1-2H3,(H,32,33)(H,26,27,34)/t14-/m0/s1. The zero-order chi connectivity index (χ0) is 25.3. The van der Waals surface area contributed by atoms with Crippen LogP contribution in [0, 0.1) is 0 Å². The second kappa shape index (κ2) is 9.75. The Bertz CT molecular complexity index is 1410. The summed E-state index contributed by atoms with van der Waals surface area (Å²) >= 11 is 5.98. The van der Waals surface area contributed by atoms with Crippen LogP contribution in [-0.2, 0) is 22.6 Å². The molecule has 182 valence electrons. The van der Waals surface area contributed by atoms with Gasteiger partial charge in [-0.05, 0) is 54.8 Å². The first-order chi connectivity index (χ1) is 16.6. The number of nitrogens with zero attached hydrogens (tertiary/aromatic N) is 4. The van der Waals surface area contributed by atoms with Crippen LogP contribution < -0.4 is 21.6 Å². The van der Waals surface area contributed by atoms with Crippen LogP contribution >= 0.6 is 11.6 Å². The first-order valence-corrected chi connectivity index (χ1v) is 11.4. The molecule has 1 aromatic heterocycles. The minimum Gasteiger partial charge on any atom is -0.481 e. The quantitative estimate of drug-likeness (QED) is 0.514. The van der Waals surface area contributed by atoms with Gasteiger partial charge in [-0.15, -0.1) is 0 Å². The normalized spacial score (nSPS) is 13.4. The van der Waals surface area contributed by atoms with Gasteiger partial charge in [-0.2, -0.15) is 4.98 Å². The van der Waals surface area contributed by atoms with Gasteiger partial charge in [0.25, 0.3) is 0 Å². The number of aliphatic carboxylic acids is 1. The molecule has 2 heterocycles. The topological polar surface area (TPSA) is 127 Å². The molecule has 4 rings (SSSR count). The van der Waals surface area contributed by atoms with Gasteiger partial charge < -0.3 is 15.3 Å². The number of halogens is 1. The molecule has 0 spiro atoms. The van der Waals surface area contributed by atoms with Gasteiger partial charge in [-0.3, -0.25) is 14.2 Å². The zero-order valence-electron chi connectivity index (χ0n) is 19.2. The maximum Gasteiger partial charge on any atom is 0.355 e. The van der Waals surface area contributed by atoms with Gasteiger partial charge in [-0.1, -0.05) is 23.7 Å². The molecule has 0 aliphatic carbocycles. The van der Waals surface area contributed by atoms with Crippen LogP contribution in [0.15, 0.2) is 52.1 Å². The second-order valence-corrected chi connectivity index (χ2v) is 8.86. The van der Waals surface area contributed by atoms with E-state index in [1.165, 1.54) is 18.4 Å². The number of carbonyl (C=O) groups excluding carboxylic acids is 1. The molecule has 0 bridgehead atoms. The summed E-state index contributed by atoms with van der Waals surface area (Å²) in [5.41, 5.74) is 1.60. The van der Waals surface area contributed by atoms with E-state index in [0.29, 0.717) is 23.7 Å². The van der Waals surface area contributed by atoms with Crippen molar-refractivity contribution in [2.75, 3.05) is 16.8 Å². The molecule has 10 nitrogen and oxygen atoms in total. The summed E-state index contributed by atoms with van der Waals surface area (Å²) in [4.78, 5) is 55.0. The monoisotopic (exact) mass is 497 g/mol. The van der Waals surface area contributed by atoms with Gasteiger partial charge in [0.2, 0.25) is 11.9 Å². The Labute approximate surface area is 205 Å². The predicted molar refractivity (Wildman–Crippen MR) is 132 cm³/mol. The van der Waals surface area contributed by atoms with Gasteiger partial charge in [0.15, 0.2) is 0 Å². The molecule has 1 aliphatic rings. The van der Waals surface area contributed by atoms with E-state index in [-0.39, 0.29) is 18.4 Å². The molecular weight excluding hydrogens is 474 g/mol. The number of carboxylic acid groups (broad SMARTS) is 1. The minimum atomic E-state index is -1.13. The van der Waals surface area contributed by atoms with E-state index in [9.17, 15) is 19.2 Å². The first-order valence-electron chi connectivity index (χ1n) is 11.0. The van der Waals surface area contributed by atoms with Crippen molar-refractivity contribution in [3.63, 3.8) is 0 Å². The van der Waals surface area contributed by atoms with E-state index in [2.05, 4.69) is 10.3 Å². The van der Waals surface area contributed by atoms with Gasteiger partial charge in [0.1, 0.15) is 0 Å². The summed E-state index contributed by atoms with van der Waals surface area (Å²) in [6, 6.07) is 11.4. The number of hydrogen-bond donors (Lipinski definition) is 2. The van der Waals surface area contributed by atoms with E-state index in [1.54, 1.807) is 35.2 Å². The predicted octanol–water partition coefficient (Wildman–Crippen LogP) is 2.80. The third-order valence-electron chi connectivity index (χ3n) is 5.88. The number of aromatic nitrogens is 3. The largest absolute Gasteiger partial charge is 0.481 e. The lowest BCUT2D eigenvalue weighted by atomic mass is 10.1. The first kappa shape index (κ1) is 24.2. The summed E-state index contributed by atoms with van der Waals surface area (Å²) in [6.07, 6.45) is 0.283. The number of nitrogens with one attached hydrogen (secondary N) is 1. The molecule has 11 heteroatoms. The number of anilines is 3. The van der Waals surface area contributed by atoms with Crippen LogP contribution in [0.25, 0.3) is 0 Å². The average molecular weight is 498 g/mol. The highest BCUT2D eigenvalue weighted by atomic mass is 35.5. The molecule has 1 aliphatic heterocycles. The molecule has 3 aromatic rings. The lowest BCUT2D eigenvalue weighted by Gasteiger charge is -2.19. The highest BCUT2D eigenvalue weighted by Gasteiger charge is 2.23. The van der Waals surface area contributed by atoms with Crippen molar-refractivity contribution in [1.29, 1.82) is 0 Å². The molecule has 0 saturated carbocycles. The lowest BCUT2D eigenvalue weighted by molar-refractivity contribution is -0.137. The summed E-state index contributed by atoms with van der Waals surface area (Å²) < 4.78 is 2.14. The molecule has 0 radical (unpaired) electrons. The Hall–Kier alpha value is -3.92. The maximum absolute atomic E-state index is 13.4. The van der Waals surface area contributed by atoms with Crippen molar-refractivity contribution in [1.82, 2.24) is 14.1 Å². The fourth-order valence-electron chi connectivity index (χ4n) is 4.17. The zero-order valence-corrected chi connectivity index (χ0v) is 20.0. The molecular formula is C24H24ClN5O5. The van der Waals surface area contributed by atoms with Crippen molar-refractivity contribution < 1.29 is 14.7 Å². The molecule has 1 atom stereocenters. The Morgan fingerprint density at radius 2 is 1.89 bits per heavy atom. The fourth-order valence-corrected chi connectivity index (χ4v) is 4.30. The molecule has 0 unspecified atom stereocenters. The molecule has 2 aromatic carbocycles. The number of carboxylic acids is 1. The third kappa shape index (κ3) is 5.12. The summed E-state index contributed by atoms with van der Waals surface area (Å²) in [6.45, 7) is 3.67. The van der Waals surface area contributed by atoms with E-state index in [1.807, 2.05) is 12.1 Å².